The van der Waals surface area contributed by atoms with Crippen molar-refractivity contribution in [1.29, 1.82) is 0 Å². The summed E-state index contributed by atoms with van der Waals surface area (Å²) in [7, 11) is 0. The van der Waals surface area contributed by atoms with Crippen LogP contribution >= 0.6 is 0 Å². The van der Waals surface area contributed by atoms with Crippen LogP contribution in [0.3, 0.4) is 0 Å². The molecule has 3 aliphatic rings. The molecule has 1 saturated carbocycles. The maximum atomic E-state index is 13.8. The Labute approximate surface area is 160 Å². The highest BCUT2D eigenvalue weighted by Crippen LogP contribution is 2.67. The second-order valence-electron chi connectivity index (χ2n) is 8.67. The van der Waals surface area contributed by atoms with Crippen molar-refractivity contribution in [3.63, 3.8) is 0 Å². The van der Waals surface area contributed by atoms with E-state index in [1.165, 1.54) is 4.90 Å². The Hall–Kier alpha value is -2.43. The van der Waals surface area contributed by atoms with Gasteiger partial charge in [0.25, 0.3) is 0 Å². The minimum Gasteiger partial charge on any atom is -0.318 e. The van der Waals surface area contributed by atoms with E-state index >= 15 is 0 Å². The Morgan fingerprint density at radius 1 is 1.00 bits per heavy atom. The Morgan fingerprint density at radius 3 is 2.33 bits per heavy atom. The third kappa shape index (κ3) is 2.08. The first-order valence-electron chi connectivity index (χ1n) is 9.69. The standard InChI is InChI=1S/C22H26N2O3/c1-20(2)21(3)12-13-22(20,18(26)23-14-8-5-9-15-23)19(27)24(17(21)25)16-10-6-4-7-11-16/h4,6-8,10-11,14H,5,9,12-13,15H2,1-3H3/t21-,22-/m0/s1. The predicted octanol–water partition coefficient (Wildman–Crippen LogP) is 3.51. The van der Waals surface area contributed by atoms with E-state index in [1.807, 2.05) is 51.2 Å². The first kappa shape index (κ1) is 18.0. The number of carbonyl (C=O) groups excluding carboxylic acids is 3. The minimum absolute atomic E-state index is 0.161. The Morgan fingerprint density at radius 2 is 1.70 bits per heavy atom. The molecule has 1 aromatic carbocycles. The summed E-state index contributed by atoms with van der Waals surface area (Å²) in [6.07, 6.45) is 6.58. The first-order valence-corrected chi connectivity index (χ1v) is 9.69. The number of benzene rings is 1. The molecular formula is C22H26N2O3. The zero-order chi connectivity index (χ0) is 19.4. The number of imide groups is 1. The predicted molar refractivity (Wildman–Crippen MR) is 103 cm³/mol. The van der Waals surface area contributed by atoms with Crippen LogP contribution in [0.1, 0.15) is 46.5 Å². The van der Waals surface area contributed by atoms with Gasteiger partial charge in [-0.1, -0.05) is 45.0 Å². The highest BCUT2D eigenvalue weighted by Gasteiger charge is 2.76. The topological polar surface area (TPSA) is 57.7 Å². The average molecular weight is 366 g/mol. The van der Waals surface area contributed by atoms with E-state index in [0.717, 1.165) is 12.8 Å². The zero-order valence-corrected chi connectivity index (χ0v) is 16.2. The number of para-hydroxylation sites is 1. The molecule has 3 amide bonds. The SMILES string of the molecule is CC1(C)[C@]2(C(=O)N3C=CCCC3)CC[C@@]1(C)C(=O)N(c1ccccc1)C2=O. The van der Waals surface area contributed by atoms with E-state index in [0.29, 0.717) is 25.1 Å². The van der Waals surface area contributed by atoms with Crippen molar-refractivity contribution < 1.29 is 14.4 Å². The minimum atomic E-state index is -1.22. The van der Waals surface area contributed by atoms with Gasteiger partial charge in [-0.3, -0.25) is 14.4 Å². The van der Waals surface area contributed by atoms with Crippen LogP contribution in [0.2, 0.25) is 0 Å². The molecule has 0 aromatic heterocycles. The van der Waals surface area contributed by atoms with E-state index in [-0.39, 0.29) is 17.7 Å². The van der Waals surface area contributed by atoms with Crippen molar-refractivity contribution in [2.24, 2.45) is 16.2 Å². The van der Waals surface area contributed by atoms with Gasteiger partial charge < -0.3 is 4.90 Å². The first-order chi connectivity index (χ1) is 12.8. The van der Waals surface area contributed by atoms with Crippen LogP contribution in [-0.4, -0.2) is 29.2 Å². The highest BCUT2D eigenvalue weighted by molar-refractivity contribution is 6.27. The summed E-state index contributed by atoms with van der Waals surface area (Å²) in [6.45, 7) is 6.38. The molecule has 0 spiro atoms. The van der Waals surface area contributed by atoms with Gasteiger partial charge in [0.2, 0.25) is 17.7 Å². The van der Waals surface area contributed by atoms with E-state index in [2.05, 4.69) is 0 Å². The van der Waals surface area contributed by atoms with Crippen molar-refractivity contribution in [3.8, 4) is 0 Å². The molecule has 4 rings (SSSR count). The Kier molecular flexibility index (Phi) is 3.85. The molecule has 1 saturated heterocycles. The van der Waals surface area contributed by atoms with Gasteiger partial charge in [-0.15, -0.1) is 0 Å². The van der Waals surface area contributed by atoms with Crippen molar-refractivity contribution in [3.05, 3.63) is 42.6 Å². The van der Waals surface area contributed by atoms with E-state index in [4.69, 9.17) is 0 Å². The van der Waals surface area contributed by atoms with Crippen molar-refractivity contribution in [2.45, 2.75) is 46.5 Å². The van der Waals surface area contributed by atoms with Crippen LogP contribution in [0.25, 0.3) is 0 Å². The lowest BCUT2D eigenvalue weighted by Crippen LogP contribution is -2.68. The van der Waals surface area contributed by atoms with Gasteiger partial charge >= 0.3 is 0 Å². The fourth-order valence-corrected chi connectivity index (χ4v) is 5.16. The second kappa shape index (κ2) is 5.78. The molecule has 2 aliphatic heterocycles. The van der Waals surface area contributed by atoms with Gasteiger partial charge in [-0.05, 0) is 37.8 Å². The summed E-state index contributed by atoms with van der Waals surface area (Å²) in [5, 5.41) is 0. The van der Waals surface area contributed by atoms with Crippen molar-refractivity contribution in [1.82, 2.24) is 4.90 Å². The zero-order valence-electron chi connectivity index (χ0n) is 16.2. The molecule has 2 atom stereocenters. The molecular weight excluding hydrogens is 340 g/mol. The van der Waals surface area contributed by atoms with E-state index in [9.17, 15) is 14.4 Å². The number of fused-ring (bicyclic) bond motifs is 2. The van der Waals surface area contributed by atoms with Crippen LogP contribution in [0.5, 0.6) is 0 Å². The van der Waals surface area contributed by atoms with Gasteiger partial charge in [0.1, 0.15) is 5.41 Å². The maximum absolute atomic E-state index is 13.8. The molecule has 2 fully saturated rings. The second-order valence-corrected chi connectivity index (χ2v) is 8.67. The number of hydrogen-bond acceptors (Lipinski definition) is 3. The summed E-state index contributed by atoms with van der Waals surface area (Å²) in [5.74, 6) is -0.730. The molecule has 5 nitrogen and oxygen atoms in total. The molecule has 27 heavy (non-hydrogen) atoms. The summed E-state index contributed by atoms with van der Waals surface area (Å²) in [4.78, 5) is 43.9. The molecule has 5 heteroatoms. The molecule has 0 N–H and O–H groups in total. The highest BCUT2D eigenvalue weighted by atomic mass is 16.2. The fourth-order valence-electron chi connectivity index (χ4n) is 5.16. The van der Waals surface area contributed by atoms with Gasteiger partial charge in [0.05, 0.1) is 11.1 Å². The molecule has 0 radical (unpaired) electrons. The molecule has 1 aromatic rings. The summed E-state index contributed by atoms with van der Waals surface area (Å²) >= 11 is 0. The smallest absolute Gasteiger partial charge is 0.250 e. The summed E-state index contributed by atoms with van der Waals surface area (Å²) in [5.41, 5.74) is -2.18. The van der Waals surface area contributed by atoms with Gasteiger partial charge in [0, 0.05) is 18.2 Å². The van der Waals surface area contributed by atoms with Crippen molar-refractivity contribution in [2.75, 3.05) is 11.4 Å². The lowest BCUT2D eigenvalue weighted by Gasteiger charge is -2.53. The summed E-state index contributed by atoms with van der Waals surface area (Å²) in [6, 6.07) is 8.98. The van der Waals surface area contributed by atoms with Crippen LogP contribution in [0, 0.1) is 16.2 Å². The molecule has 142 valence electrons. The molecule has 2 heterocycles. The number of piperidine rings is 1. The number of anilines is 1. The van der Waals surface area contributed by atoms with Crippen LogP contribution in [0.15, 0.2) is 42.6 Å². The summed E-state index contributed by atoms with van der Waals surface area (Å²) < 4.78 is 0. The number of hydrogen-bond donors (Lipinski definition) is 0. The fraction of sp³-hybridized carbons (Fsp3) is 0.500. The normalized spacial score (nSPS) is 32.1. The van der Waals surface area contributed by atoms with Gasteiger partial charge in [-0.2, -0.15) is 0 Å². The van der Waals surface area contributed by atoms with E-state index < -0.39 is 16.2 Å². The number of amides is 3. The third-order valence-electron chi connectivity index (χ3n) is 7.39. The molecule has 0 unspecified atom stereocenters. The number of nitrogens with zero attached hydrogens (tertiary/aromatic N) is 2. The monoisotopic (exact) mass is 366 g/mol. The average Bonchev–Trinajstić information content (AvgIpc) is 2.84. The molecule has 2 bridgehead atoms. The third-order valence-corrected chi connectivity index (χ3v) is 7.39. The van der Waals surface area contributed by atoms with Crippen LogP contribution in [0.4, 0.5) is 5.69 Å². The van der Waals surface area contributed by atoms with Crippen LogP contribution < -0.4 is 4.90 Å². The maximum Gasteiger partial charge on any atom is 0.250 e. The quantitative estimate of drug-likeness (QED) is 0.594. The number of rotatable bonds is 2. The van der Waals surface area contributed by atoms with E-state index in [1.54, 1.807) is 17.0 Å². The Balaban J connectivity index is 1.88. The van der Waals surface area contributed by atoms with Crippen LogP contribution in [-0.2, 0) is 14.4 Å². The molecule has 1 aliphatic carbocycles. The van der Waals surface area contributed by atoms with Crippen molar-refractivity contribution >= 4 is 23.4 Å². The number of allylic oxidation sites excluding steroid dienone is 1. The van der Waals surface area contributed by atoms with Gasteiger partial charge in [0.15, 0.2) is 0 Å². The Bertz CT molecular complexity index is 844. The lowest BCUT2D eigenvalue weighted by molar-refractivity contribution is -0.166. The van der Waals surface area contributed by atoms with Gasteiger partial charge in [-0.25, -0.2) is 4.90 Å². The number of carbonyl (C=O) groups is 3. The largest absolute Gasteiger partial charge is 0.318 e. The lowest BCUT2D eigenvalue weighted by atomic mass is 9.54.